The van der Waals surface area contributed by atoms with Gasteiger partial charge in [-0.15, -0.1) is 0 Å². The molecule has 2 rings (SSSR count). The van der Waals surface area contributed by atoms with Crippen molar-refractivity contribution in [3.63, 3.8) is 0 Å². The summed E-state index contributed by atoms with van der Waals surface area (Å²) >= 11 is 0. The Morgan fingerprint density at radius 1 is 0.750 bits per heavy atom. The Morgan fingerprint density at radius 2 is 1.21 bits per heavy atom. The SMILES string of the molecule is CC(=O)C(C)Cc1ccc(-c2ccccc2)cc1.CC(C)C(C)C. The van der Waals surface area contributed by atoms with Gasteiger partial charge in [0.2, 0.25) is 0 Å². The summed E-state index contributed by atoms with van der Waals surface area (Å²) in [5, 5.41) is 0. The van der Waals surface area contributed by atoms with E-state index >= 15 is 0 Å². The van der Waals surface area contributed by atoms with Crippen LogP contribution in [-0.4, -0.2) is 5.78 Å². The zero-order valence-corrected chi connectivity index (χ0v) is 16.0. The predicted molar refractivity (Wildman–Crippen MR) is 105 cm³/mol. The van der Waals surface area contributed by atoms with E-state index in [1.165, 1.54) is 16.7 Å². The number of carbonyl (C=O) groups is 1. The number of hydrogen-bond donors (Lipinski definition) is 0. The molecule has 2 aromatic carbocycles. The van der Waals surface area contributed by atoms with Crippen LogP contribution in [0.1, 0.15) is 47.1 Å². The molecule has 0 aliphatic rings. The van der Waals surface area contributed by atoms with Crippen LogP contribution in [-0.2, 0) is 11.2 Å². The van der Waals surface area contributed by atoms with Gasteiger partial charge < -0.3 is 0 Å². The van der Waals surface area contributed by atoms with Gasteiger partial charge in [-0.05, 0) is 41.9 Å². The maximum Gasteiger partial charge on any atom is 0.132 e. The normalized spacial score (nSPS) is 11.8. The average Bonchev–Trinajstić information content (AvgIpc) is 2.56. The molecular formula is C23H32O. The summed E-state index contributed by atoms with van der Waals surface area (Å²) in [5.74, 6) is 2.06. The number of Topliss-reactive ketones (excluding diaryl/α,β-unsaturated/α-hetero) is 1. The molecule has 0 heterocycles. The molecule has 130 valence electrons. The molecule has 0 radical (unpaired) electrons. The first kappa shape index (κ1) is 20.2. The Morgan fingerprint density at radius 3 is 1.62 bits per heavy atom. The molecule has 1 unspecified atom stereocenters. The topological polar surface area (TPSA) is 17.1 Å². The van der Waals surface area contributed by atoms with Crippen molar-refractivity contribution in [2.24, 2.45) is 17.8 Å². The Bertz CT molecular complexity index is 588. The first-order chi connectivity index (χ1) is 11.3. The highest BCUT2D eigenvalue weighted by molar-refractivity contribution is 5.78. The van der Waals surface area contributed by atoms with E-state index in [2.05, 4.69) is 64.1 Å². The molecule has 1 heteroatoms. The van der Waals surface area contributed by atoms with Crippen LogP contribution < -0.4 is 0 Å². The highest BCUT2D eigenvalue weighted by Crippen LogP contribution is 2.20. The number of benzene rings is 2. The zero-order valence-electron chi connectivity index (χ0n) is 16.0. The van der Waals surface area contributed by atoms with Crippen LogP contribution in [0, 0.1) is 17.8 Å². The molecule has 0 aliphatic heterocycles. The van der Waals surface area contributed by atoms with Crippen molar-refractivity contribution in [2.45, 2.75) is 48.0 Å². The molecule has 0 fully saturated rings. The van der Waals surface area contributed by atoms with Crippen LogP contribution in [0.2, 0.25) is 0 Å². The lowest BCUT2D eigenvalue weighted by Gasteiger charge is -2.08. The highest BCUT2D eigenvalue weighted by Gasteiger charge is 2.08. The van der Waals surface area contributed by atoms with Crippen LogP contribution in [0.15, 0.2) is 54.6 Å². The van der Waals surface area contributed by atoms with E-state index in [1.54, 1.807) is 6.92 Å². The fourth-order valence-electron chi connectivity index (χ4n) is 1.96. The van der Waals surface area contributed by atoms with Gasteiger partial charge in [0.15, 0.2) is 0 Å². The lowest BCUT2D eigenvalue weighted by molar-refractivity contribution is -0.120. The lowest BCUT2D eigenvalue weighted by atomic mass is 9.96. The third-order valence-corrected chi connectivity index (χ3v) is 4.63. The van der Waals surface area contributed by atoms with Crippen molar-refractivity contribution in [1.29, 1.82) is 0 Å². The van der Waals surface area contributed by atoms with E-state index in [0.717, 1.165) is 18.3 Å². The second-order valence-corrected chi connectivity index (χ2v) is 7.27. The molecular weight excluding hydrogens is 292 g/mol. The number of ketones is 1. The predicted octanol–water partition coefficient (Wildman–Crippen LogP) is 6.42. The van der Waals surface area contributed by atoms with Crippen molar-refractivity contribution in [2.75, 3.05) is 0 Å². The van der Waals surface area contributed by atoms with Gasteiger partial charge in [-0.1, -0.05) is 89.2 Å². The fraction of sp³-hybridized carbons (Fsp3) is 0.435. The molecule has 0 spiro atoms. The third-order valence-electron chi connectivity index (χ3n) is 4.63. The van der Waals surface area contributed by atoms with E-state index in [9.17, 15) is 4.79 Å². The summed E-state index contributed by atoms with van der Waals surface area (Å²) in [7, 11) is 0. The van der Waals surface area contributed by atoms with E-state index in [-0.39, 0.29) is 11.7 Å². The smallest absolute Gasteiger partial charge is 0.132 e. The highest BCUT2D eigenvalue weighted by atomic mass is 16.1. The standard InChI is InChI=1S/C17H18O.C6H14/c1-13(14(2)18)12-15-8-10-17(11-9-15)16-6-4-3-5-7-16;1-5(2)6(3)4/h3-11,13H,12H2,1-2H3;5-6H,1-4H3. The van der Waals surface area contributed by atoms with Gasteiger partial charge in [0.05, 0.1) is 0 Å². The summed E-state index contributed by atoms with van der Waals surface area (Å²) in [5.41, 5.74) is 3.66. The molecule has 1 nitrogen and oxygen atoms in total. The molecule has 0 saturated carbocycles. The summed E-state index contributed by atoms with van der Waals surface area (Å²) in [6.45, 7) is 12.6. The average molecular weight is 325 g/mol. The molecule has 2 aromatic rings. The summed E-state index contributed by atoms with van der Waals surface area (Å²) in [6, 6.07) is 18.8. The summed E-state index contributed by atoms with van der Waals surface area (Å²) < 4.78 is 0. The van der Waals surface area contributed by atoms with Crippen LogP contribution in [0.4, 0.5) is 0 Å². The van der Waals surface area contributed by atoms with Gasteiger partial charge in [-0.25, -0.2) is 0 Å². The minimum absolute atomic E-state index is 0.104. The van der Waals surface area contributed by atoms with Crippen LogP contribution in [0.5, 0.6) is 0 Å². The first-order valence-electron chi connectivity index (χ1n) is 8.96. The third kappa shape index (κ3) is 7.12. The van der Waals surface area contributed by atoms with Gasteiger partial charge in [0.1, 0.15) is 5.78 Å². The van der Waals surface area contributed by atoms with Gasteiger partial charge in [-0.3, -0.25) is 4.79 Å². The maximum absolute atomic E-state index is 11.2. The van der Waals surface area contributed by atoms with Crippen LogP contribution in [0.25, 0.3) is 11.1 Å². The second-order valence-electron chi connectivity index (χ2n) is 7.27. The largest absolute Gasteiger partial charge is 0.300 e. The lowest BCUT2D eigenvalue weighted by Crippen LogP contribution is -2.09. The number of rotatable bonds is 5. The molecule has 0 aliphatic carbocycles. The van der Waals surface area contributed by atoms with E-state index in [4.69, 9.17) is 0 Å². The minimum Gasteiger partial charge on any atom is -0.300 e. The molecule has 0 N–H and O–H groups in total. The Kier molecular flexibility index (Phi) is 8.46. The zero-order chi connectivity index (χ0) is 18.1. The molecule has 0 amide bonds. The van der Waals surface area contributed by atoms with E-state index in [1.807, 2.05) is 25.1 Å². The molecule has 24 heavy (non-hydrogen) atoms. The quantitative estimate of drug-likeness (QED) is 0.620. The first-order valence-corrected chi connectivity index (χ1v) is 8.96. The molecule has 0 bridgehead atoms. The monoisotopic (exact) mass is 324 g/mol. The summed E-state index contributed by atoms with van der Waals surface area (Å²) in [6.07, 6.45) is 0.824. The van der Waals surface area contributed by atoms with Crippen LogP contribution in [0.3, 0.4) is 0 Å². The Labute approximate surface area is 148 Å². The number of hydrogen-bond acceptors (Lipinski definition) is 1. The van der Waals surface area contributed by atoms with Crippen molar-refractivity contribution in [3.05, 3.63) is 60.2 Å². The van der Waals surface area contributed by atoms with Crippen LogP contribution >= 0.6 is 0 Å². The Balaban J connectivity index is 0.000000413. The molecule has 1 atom stereocenters. The fourth-order valence-corrected chi connectivity index (χ4v) is 1.96. The van der Waals surface area contributed by atoms with Gasteiger partial charge in [-0.2, -0.15) is 0 Å². The van der Waals surface area contributed by atoms with Crippen molar-refractivity contribution in [3.8, 4) is 11.1 Å². The van der Waals surface area contributed by atoms with Gasteiger partial charge in [0.25, 0.3) is 0 Å². The summed E-state index contributed by atoms with van der Waals surface area (Å²) in [4.78, 5) is 11.2. The van der Waals surface area contributed by atoms with Gasteiger partial charge >= 0.3 is 0 Å². The Hall–Kier alpha value is -1.89. The van der Waals surface area contributed by atoms with Crippen molar-refractivity contribution in [1.82, 2.24) is 0 Å². The van der Waals surface area contributed by atoms with E-state index < -0.39 is 0 Å². The minimum atomic E-state index is 0.104. The van der Waals surface area contributed by atoms with Gasteiger partial charge in [0, 0.05) is 5.92 Å². The van der Waals surface area contributed by atoms with Crippen molar-refractivity contribution < 1.29 is 4.79 Å². The molecule has 0 aromatic heterocycles. The van der Waals surface area contributed by atoms with Crippen molar-refractivity contribution >= 4 is 5.78 Å². The second kappa shape index (κ2) is 10.1. The van der Waals surface area contributed by atoms with E-state index in [0.29, 0.717) is 0 Å². The molecule has 0 saturated heterocycles. The number of carbonyl (C=O) groups excluding carboxylic acids is 1. The maximum atomic E-state index is 11.2.